The molecule has 2 rings (SSSR count). The van der Waals surface area contributed by atoms with Crippen molar-refractivity contribution in [1.82, 2.24) is 0 Å². The molecule has 1 nitrogen and oxygen atoms in total. The van der Waals surface area contributed by atoms with Crippen LogP contribution in [0.5, 0.6) is 0 Å². The van der Waals surface area contributed by atoms with Crippen molar-refractivity contribution in [3.63, 3.8) is 0 Å². The topological polar surface area (TPSA) is 17.1 Å². The molecule has 1 aliphatic carbocycles. The standard InChI is InChI=1S/C16H21FO/c1-11-9-13(17)10-12(2)14(11)15(18)16(3)7-5-4-6-8-16/h9-10H,4-8H2,1-3H3. The van der Waals surface area contributed by atoms with Gasteiger partial charge in [0.15, 0.2) is 5.78 Å². The highest BCUT2D eigenvalue weighted by Crippen LogP contribution is 2.39. The van der Waals surface area contributed by atoms with Crippen LogP contribution >= 0.6 is 0 Å². The summed E-state index contributed by atoms with van der Waals surface area (Å²) >= 11 is 0. The molecule has 0 saturated heterocycles. The van der Waals surface area contributed by atoms with E-state index in [2.05, 4.69) is 6.92 Å². The summed E-state index contributed by atoms with van der Waals surface area (Å²) < 4.78 is 13.3. The second-order valence-corrected chi connectivity index (χ2v) is 5.87. The Labute approximate surface area is 108 Å². The zero-order valence-corrected chi connectivity index (χ0v) is 11.5. The molecule has 0 radical (unpaired) electrons. The highest BCUT2D eigenvalue weighted by Gasteiger charge is 2.36. The molecule has 0 spiro atoms. The SMILES string of the molecule is Cc1cc(F)cc(C)c1C(=O)C1(C)CCCCC1. The Hall–Kier alpha value is -1.18. The molecule has 0 bridgehead atoms. The first-order valence-electron chi connectivity index (χ1n) is 6.75. The Morgan fingerprint density at radius 2 is 1.61 bits per heavy atom. The van der Waals surface area contributed by atoms with Gasteiger partial charge in [-0.25, -0.2) is 4.39 Å². The Bertz CT molecular complexity index is 447. The number of Topliss-reactive ketones (excluding diaryl/α,β-unsaturated/α-hetero) is 1. The van der Waals surface area contributed by atoms with Crippen LogP contribution in [0.2, 0.25) is 0 Å². The van der Waals surface area contributed by atoms with Gasteiger partial charge in [0.05, 0.1) is 0 Å². The van der Waals surface area contributed by atoms with E-state index in [1.54, 1.807) is 0 Å². The van der Waals surface area contributed by atoms with Gasteiger partial charge in [-0.15, -0.1) is 0 Å². The fourth-order valence-electron chi connectivity index (χ4n) is 3.13. The van der Waals surface area contributed by atoms with Crippen LogP contribution < -0.4 is 0 Å². The van der Waals surface area contributed by atoms with Gasteiger partial charge in [-0.1, -0.05) is 26.2 Å². The fourth-order valence-corrected chi connectivity index (χ4v) is 3.13. The monoisotopic (exact) mass is 248 g/mol. The lowest BCUT2D eigenvalue weighted by Crippen LogP contribution is -2.31. The normalized spacial score (nSPS) is 18.7. The third-order valence-electron chi connectivity index (χ3n) is 4.23. The Morgan fingerprint density at radius 3 is 2.11 bits per heavy atom. The maximum absolute atomic E-state index is 13.3. The van der Waals surface area contributed by atoms with Gasteiger partial charge in [-0.2, -0.15) is 0 Å². The van der Waals surface area contributed by atoms with E-state index in [1.165, 1.54) is 18.6 Å². The van der Waals surface area contributed by atoms with E-state index in [-0.39, 0.29) is 17.0 Å². The van der Waals surface area contributed by atoms with Crippen molar-refractivity contribution in [3.05, 3.63) is 34.6 Å². The lowest BCUT2D eigenvalue weighted by molar-refractivity contribution is 0.0748. The minimum Gasteiger partial charge on any atom is -0.294 e. The van der Waals surface area contributed by atoms with Gasteiger partial charge in [-0.05, 0) is 49.9 Å². The summed E-state index contributed by atoms with van der Waals surface area (Å²) in [4.78, 5) is 12.8. The second kappa shape index (κ2) is 4.83. The number of aryl methyl sites for hydroxylation is 2. The lowest BCUT2D eigenvalue weighted by Gasteiger charge is -2.33. The molecule has 1 fully saturated rings. The predicted molar refractivity (Wildman–Crippen MR) is 71.4 cm³/mol. The number of ketones is 1. The number of hydrogen-bond acceptors (Lipinski definition) is 1. The van der Waals surface area contributed by atoms with Crippen LogP contribution in [0.15, 0.2) is 12.1 Å². The highest BCUT2D eigenvalue weighted by atomic mass is 19.1. The van der Waals surface area contributed by atoms with Gasteiger partial charge in [0.1, 0.15) is 5.82 Å². The van der Waals surface area contributed by atoms with Gasteiger partial charge in [-0.3, -0.25) is 4.79 Å². The van der Waals surface area contributed by atoms with Gasteiger partial charge in [0, 0.05) is 11.0 Å². The second-order valence-electron chi connectivity index (χ2n) is 5.87. The predicted octanol–water partition coefficient (Wildman–Crippen LogP) is 4.60. The smallest absolute Gasteiger partial charge is 0.169 e. The van der Waals surface area contributed by atoms with Crippen LogP contribution in [0.25, 0.3) is 0 Å². The van der Waals surface area contributed by atoms with Crippen molar-refractivity contribution in [3.8, 4) is 0 Å². The number of rotatable bonds is 2. The molecular formula is C16H21FO. The summed E-state index contributed by atoms with van der Waals surface area (Å²) in [6.07, 6.45) is 5.40. The molecule has 1 aromatic carbocycles. The molecular weight excluding hydrogens is 227 g/mol. The molecule has 0 atom stereocenters. The Morgan fingerprint density at radius 1 is 1.11 bits per heavy atom. The number of halogens is 1. The largest absolute Gasteiger partial charge is 0.294 e. The van der Waals surface area contributed by atoms with Crippen molar-refractivity contribution in [2.75, 3.05) is 0 Å². The lowest BCUT2D eigenvalue weighted by atomic mass is 9.70. The summed E-state index contributed by atoms with van der Waals surface area (Å²) in [5.74, 6) is -0.0486. The third-order valence-corrected chi connectivity index (χ3v) is 4.23. The van der Waals surface area contributed by atoms with Crippen LogP contribution in [-0.4, -0.2) is 5.78 Å². The first-order valence-corrected chi connectivity index (χ1v) is 6.75. The number of carbonyl (C=O) groups excluding carboxylic acids is 1. The summed E-state index contributed by atoms with van der Waals surface area (Å²) in [5, 5.41) is 0. The van der Waals surface area contributed by atoms with E-state index in [0.717, 1.165) is 42.4 Å². The van der Waals surface area contributed by atoms with Crippen LogP contribution in [0, 0.1) is 25.1 Å². The first kappa shape index (κ1) is 13.3. The van der Waals surface area contributed by atoms with E-state index < -0.39 is 0 Å². The van der Waals surface area contributed by atoms with Crippen molar-refractivity contribution < 1.29 is 9.18 Å². The van der Waals surface area contributed by atoms with Crippen molar-refractivity contribution in [1.29, 1.82) is 0 Å². The number of hydrogen-bond donors (Lipinski definition) is 0. The molecule has 0 heterocycles. The molecule has 98 valence electrons. The molecule has 0 amide bonds. The number of carbonyl (C=O) groups is 1. The Kier molecular flexibility index (Phi) is 3.56. The minimum atomic E-state index is -0.254. The first-order chi connectivity index (χ1) is 8.44. The maximum atomic E-state index is 13.3. The van der Waals surface area contributed by atoms with Crippen LogP contribution in [0.4, 0.5) is 4.39 Å². The molecule has 1 saturated carbocycles. The molecule has 18 heavy (non-hydrogen) atoms. The third kappa shape index (κ3) is 2.33. The highest BCUT2D eigenvalue weighted by molar-refractivity contribution is 6.02. The molecule has 1 aromatic rings. The van der Waals surface area contributed by atoms with Crippen LogP contribution in [0.1, 0.15) is 60.5 Å². The molecule has 2 heteroatoms. The zero-order valence-electron chi connectivity index (χ0n) is 11.5. The van der Waals surface area contributed by atoms with E-state index in [4.69, 9.17) is 0 Å². The number of benzene rings is 1. The van der Waals surface area contributed by atoms with Crippen molar-refractivity contribution >= 4 is 5.78 Å². The molecule has 1 aliphatic rings. The van der Waals surface area contributed by atoms with Gasteiger partial charge < -0.3 is 0 Å². The minimum absolute atomic E-state index is 0.206. The molecule has 0 aromatic heterocycles. The van der Waals surface area contributed by atoms with Crippen molar-refractivity contribution in [2.45, 2.75) is 52.9 Å². The van der Waals surface area contributed by atoms with Gasteiger partial charge in [0.2, 0.25) is 0 Å². The van der Waals surface area contributed by atoms with Crippen molar-refractivity contribution in [2.24, 2.45) is 5.41 Å². The summed E-state index contributed by atoms with van der Waals surface area (Å²) in [5.41, 5.74) is 2.03. The summed E-state index contributed by atoms with van der Waals surface area (Å²) in [6.45, 7) is 5.72. The summed E-state index contributed by atoms with van der Waals surface area (Å²) in [7, 11) is 0. The maximum Gasteiger partial charge on any atom is 0.169 e. The average Bonchev–Trinajstić information content (AvgIpc) is 2.28. The van der Waals surface area contributed by atoms with E-state index in [9.17, 15) is 9.18 Å². The van der Waals surface area contributed by atoms with Gasteiger partial charge >= 0.3 is 0 Å². The Balaban J connectivity index is 2.39. The van der Waals surface area contributed by atoms with Gasteiger partial charge in [0.25, 0.3) is 0 Å². The zero-order chi connectivity index (χ0) is 13.3. The quantitative estimate of drug-likeness (QED) is 0.699. The van der Waals surface area contributed by atoms with E-state index in [0.29, 0.717) is 0 Å². The van der Waals surface area contributed by atoms with E-state index >= 15 is 0 Å². The van der Waals surface area contributed by atoms with Crippen LogP contribution in [-0.2, 0) is 0 Å². The van der Waals surface area contributed by atoms with E-state index in [1.807, 2.05) is 13.8 Å². The fraction of sp³-hybridized carbons (Fsp3) is 0.562. The summed E-state index contributed by atoms with van der Waals surface area (Å²) in [6, 6.07) is 2.93. The molecule has 0 unspecified atom stereocenters. The average molecular weight is 248 g/mol. The van der Waals surface area contributed by atoms with Crippen LogP contribution in [0.3, 0.4) is 0 Å². The molecule has 0 N–H and O–H groups in total. The molecule has 0 aliphatic heterocycles.